The Morgan fingerprint density at radius 3 is 2.52 bits per heavy atom. The van der Waals surface area contributed by atoms with E-state index in [1.165, 1.54) is 0 Å². The van der Waals surface area contributed by atoms with Gasteiger partial charge >= 0.3 is 0 Å². The standard InChI is InChI=1S/C19H27N5O3S2/c1-19(2,3)13-4-8-15(9-5-13)29(26,27)21-11-10-17(25)20-12-16-22-23-18(28)24(16)14-6-7-14/h4-5,8-9,14,21H,6-7,10-12H2,1-3H3,(H,20,25)(H,23,28). The molecule has 29 heavy (non-hydrogen) atoms. The Bertz CT molecular complexity index is 1030. The SMILES string of the molecule is CC(C)(C)c1ccc(S(=O)(=O)NCCC(=O)NCc2n[nH]c(=S)n2C2CC2)cc1. The Labute approximate surface area is 176 Å². The number of aromatic amines is 1. The highest BCUT2D eigenvalue weighted by atomic mass is 32.2. The average molecular weight is 438 g/mol. The van der Waals surface area contributed by atoms with Gasteiger partial charge in [-0.2, -0.15) is 5.10 Å². The Morgan fingerprint density at radius 2 is 1.93 bits per heavy atom. The van der Waals surface area contributed by atoms with Gasteiger partial charge in [-0.05, 0) is 48.2 Å². The van der Waals surface area contributed by atoms with Gasteiger partial charge in [-0.1, -0.05) is 32.9 Å². The van der Waals surface area contributed by atoms with Gasteiger partial charge in [0.05, 0.1) is 11.4 Å². The maximum absolute atomic E-state index is 12.4. The third-order valence-electron chi connectivity index (χ3n) is 4.81. The molecule has 1 aromatic heterocycles. The van der Waals surface area contributed by atoms with Crippen LogP contribution >= 0.6 is 12.2 Å². The van der Waals surface area contributed by atoms with Crippen LogP contribution in [0.1, 0.15) is 57.5 Å². The van der Waals surface area contributed by atoms with E-state index in [0.29, 0.717) is 16.6 Å². The third kappa shape index (κ3) is 5.52. The van der Waals surface area contributed by atoms with Crippen molar-refractivity contribution in [2.24, 2.45) is 0 Å². The number of sulfonamides is 1. The summed E-state index contributed by atoms with van der Waals surface area (Å²) in [6, 6.07) is 7.17. The van der Waals surface area contributed by atoms with Crippen molar-refractivity contribution in [3.05, 3.63) is 40.4 Å². The van der Waals surface area contributed by atoms with Crippen LogP contribution in [0.3, 0.4) is 0 Å². The molecule has 3 rings (SSSR count). The highest BCUT2D eigenvalue weighted by molar-refractivity contribution is 7.89. The molecule has 0 saturated heterocycles. The Kier molecular flexibility index (Phi) is 6.25. The quantitative estimate of drug-likeness (QED) is 0.550. The highest BCUT2D eigenvalue weighted by Gasteiger charge is 2.27. The first-order valence-corrected chi connectivity index (χ1v) is 11.5. The van der Waals surface area contributed by atoms with Crippen molar-refractivity contribution in [3.63, 3.8) is 0 Å². The minimum absolute atomic E-state index is 0.0185. The monoisotopic (exact) mass is 437 g/mol. The molecule has 0 bridgehead atoms. The molecule has 3 N–H and O–H groups in total. The van der Waals surface area contributed by atoms with E-state index in [2.05, 4.69) is 41.0 Å². The normalized spacial score (nSPS) is 14.7. The van der Waals surface area contributed by atoms with E-state index >= 15 is 0 Å². The fourth-order valence-electron chi connectivity index (χ4n) is 2.95. The number of hydrogen-bond acceptors (Lipinski definition) is 5. The first kappa shape index (κ1) is 21.7. The molecule has 1 aliphatic carbocycles. The zero-order chi connectivity index (χ0) is 21.2. The highest BCUT2D eigenvalue weighted by Crippen LogP contribution is 2.35. The van der Waals surface area contributed by atoms with Crippen LogP contribution in [0.5, 0.6) is 0 Å². The van der Waals surface area contributed by atoms with Gasteiger partial charge < -0.3 is 5.32 Å². The number of benzene rings is 1. The van der Waals surface area contributed by atoms with Crippen LogP contribution in [-0.2, 0) is 26.8 Å². The van der Waals surface area contributed by atoms with Crippen LogP contribution in [0.25, 0.3) is 0 Å². The van der Waals surface area contributed by atoms with E-state index in [0.717, 1.165) is 18.4 Å². The largest absolute Gasteiger partial charge is 0.349 e. The van der Waals surface area contributed by atoms with E-state index in [1.807, 2.05) is 16.7 Å². The third-order valence-corrected chi connectivity index (χ3v) is 6.57. The van der Waals surface area contributed by atoms with Crippen molar-refractivity contribution >= 4 is 28.1 Å². The number of carbonyl (C=O) groups excluding carboxylic acids is 1. The maximum Gasteiger partial charge on any atom is 0.240 e. The van der Waals surface area contributed by atoms with Gasteiger partial charge in [0.2, 0.25) is 15.9 Å². The van der Waals surface area contributed by atoms with Crippen molar-refractivity contribution in [2.45, 2.75) is 62.9 Å². The van der Waals surface area contributed by atoms with Gasteiger partial charge in [0.15, 0.2) is 10.6 Å². The number of H-pyrrole nitrogens is 1. The zero-order valence-corrected chi connectivity index (χ0v) is 18.5. The molecule has 0 unspecified atom stereocenters. The molecule has 1 saturated carbocycles. The summed E-state index contributed by atoms with van der Waals surface area (Å²) in [5, 5.41) is 9.66. The van der Waals surface area contributed by atoms with E-state index in [9.17, 15) is 13.2 Å². The molecule has 1 amide bonds. The summed E-state index contributed by atoms with van der Waals surface area (Å²) in [7, 11) is -3.66. The van der Waals surface area contributed by atoms with Gasteiger partial charge in [0.1, 0.15) is 0 Å². The molecule has 158 valence electrons. The Morgan fingerprint density at radius 1 is 1.28 bits per heavy atom. The van der Waals surface area contributed by atoms with Crippen LogP contribution in [0, 0.1) is 4.77 Å². The number of nitrogens with one attached hydrogen (secondary N) is 3. The molecule has 1 aromatic carbocycles. The molecule has 10 heteroatoms. The molecule has 0 spiro atoms. The van der Waals surface area contributed by atoms with Crippen molar-refractivity contribution in [3.8, 4) is 0 Å². The smallest absolute Gasteiger partial charge is 0.240 e. The lowest BCUT2D eigenvalue weighted by atomic mass is 9.87. The van der Waals surface area contributed by atoms with Crippen LogP contribution in [0.4, 0.5) is 0 Å². The molecular weight excluding hydrogens is 410 g/mol. The molecule has 0 atom stereocenters. The van der Waals surface area contributed by atoms with Crippen LogP contribution in [0.15, 0.2) is 29.2 Å². The molecule has 8 nitrogen and oxygen atoms in total. The molecule has 2 aromatic rings. The fourth-order valence-corrected chi connectivity index (χ4v) is 4.29. The maximum atomic E-state index is 12.4. The van der Waals surface area contributed by atoms with E-state index in [1.54, 1.807) is 12.1 Å². The first-order chi connectivity index (χ1) is 13.6. The average Bonchev–Trinajstić information content (AvgIpc) is 3.41. The van der Waals surface area contributed by atoms with Gasteiger partial charge in [-0.15, -0.1) is 0 Å². The minimum atomic E-state index is -3.66. The molecule has 1 aliphatic rings. The summed E-state index contributed by atoms with van der Waals surface area (Å²) in [6.45, 7) is 6.47. The zero-order valence-electron chi connectivity index (χ0n) is 16.9. The predicted octanol–water partition coefficient (Wildman–Crippen LogP) is 2.56. The van der Waals surface area contributed by atoms with Gasteiger partial charge in [-0.25, -0.2) is 13.1 Å². The van der Waals surface area contributed by atoms with Crippen molar-refractivity contribution in [1.82, 2.24) is 24.8 Å². The van der Waals surface area contributed by atoms with Crippen LogP contribution < -0.4 is 10.0 Å². The number of hydrogen-bond donors (Lipinski definition) is 3. The van der Waals surface area contributed by atoms with Gasteiger partial charge in [0, 0.05) is 19.0 Å². The van der Waals surface area contributed by atoms with E-state index in [4.69, 9.17) is 12.2 Å². The van der Waals surface area contributed by atoms with Gasteiger partial charge in [-0.3, -0.25) is 14.5 Å². The lowest BCUT2D eigenvalue weighted by molar-refractivity contribution is -0.121. The van der Waals surface area contributed by atoms with E-state index in [-0.39, 0.29) is 35.7 Å². The lowest BCUT2D eigenvalue weighted by Crippen LogP contribution is -2.31. The first-order valence-electron chi connectivity index (χ1n) is 9.60. The molecular formula is C19H27N5O3S2. The second kappa shape index (κ2) is 8.37. The molecule has 0 radical (unpaired) electrons. The van der Waals surface area contributed by atoms with E-state index < -0.39 is 10.0 Å². The second-order valence-corrected chi connectivity index (χ2v) is 10.4. The summed E-state index contributed by atoms with van der Waals surface area (Å²) in [5.74, 6) is 0.428. The molecule has 1 heterocycles. The van der Waals surface area contributed by atoms with Crippen LogP contribution in [-0.4, -0.2) is 35.6 Å². The molecule has 1 fully saturated rings. The summed E-state index contributed by atoms with van der Waals surface area (Å²) < 4.78 is 29.8. The predicted molar refractivity (Wildman–Crippen MR) is 112 cm³/mol. The summed E-state index contributed by atoms with van der Waals surface area (Å²) in [5.41, 5.74) is 1.01. The lowest BCUT2D eigenvalue weighted by Gasteiger charge is -2.19. The minimum Gasteiger partial charge on any atom is -0.349 e. The summed E-state index contributed by atoms with van der Waals surface area (Å²) >= 11 is 5.21. The fraction of sp³-hybridized carbons (Fsp3) is 0.526. The molecule has 0 aliphatic heterocycles. The van der Waals surface area contributed by atoms with Crippen molar-refractivity contribution in [1.29, 1.82) is 0 Å². The number of carbonyl (C=O) groups is 1. The number of aromatic nitrogens is 3. The number of amides is 1. The number of rotatable bonds is 8. The van der Waals surface area contributed by atoms with Crippen molar-refractivity contribution in [2.75, 3.05) is 6.54 Å². The summed E-state index contributed by atoms with van der Waals surface area (Å²) in [4.78, 5) is 12.3. The number of nitrogens with zero attached hydrogens (tertiary/aromatic N) is 2. The Hall–Kier alpha value is -2.04. The Balaban J connectivity index is 1.48. The van der Waals surface area contributed by atoms with Crippen molar-refractivity contribution < 1.29 is 13.2 Å². The topological polar surface area (TPSA) is 109 Å². The van der Waals surface area contributed by atoms with Gasteiger partial charge in [0.25, 0.3) is 0 Å². The summed E-state index contributed by atoms with van der Waals surface area (Å²) in [6.07, 6.45) is 2.16. The van der Waals surface area contributed by atoms with Crippen LogP contribution in [0.2, 0.25) is 0 Å². The second-order valence-electron chi connectivity index (χ2n) is 8.25.